The van der Waals surface area contributed by atoms with Crippen LogP contribution in [0.25, 0.3) is 5.57 Å². The Morgan fingerprint density at radius 2 is 1.35 bits per heavy atom. The van der Waals surface area contributed by atoms with Crippen LogP contribution in [0.3, 0.4) is 0 Å². The molecule has 132 valence electrons. The summed E-state index contributed by atoms with van der Waals surface area (Å²) in [7, 11) is 0. The maximum atomic E-state index is 4.34. The molecule has 3 rings (SSSR count). The second-order valence-electron chi connectivity index (χ2n) is 6.93. The highest BCUT2D eigenvalue weighted by Gasteiger charge is 2.15. The lowest BCUT2D eigenvalue weighted by Gasteiger charge is -2.19. The number of benzene rings is 3. The van der Waals surface area contributed by atoms with E-state index < -0.39 is 0 Å². The van der Waals surface area contributed by atoms with Gasteiger partial charge in [-0.1, -0.05) is 118 Å². The van der Waals surface area contributed by atoms with Gasteiger partial charge >= 0.3 is 0 Å². The van der Waals surface area contributed by atoms with Crippen molar-refractivity contribution in [3.8, 4) is 0 Å². The monoisotopic (exact) mass is 340 g/mol. The smallest absolute Gasteiger partial charge is 0.00895 e. The van der Waals surface area contributed by atoms with E-state index in [1.54, 1.807) is 0 Å². The molecule has 0 N–H and O–H groups in total. The molecular formula is C26H28. The van der Waals surface area contributed by atoms with Crippen molar-refractivity contribution in [2.24, 2.45) is 0 Å². The van der Waals surface area contributed by atoms with Gasteiger partial charge in [-0.3, -0.25) is 0 Å². The van der Waals surface area contributed by atoms with Crippen molar-refractivity contribution < 1.29 is 0 Å². The summed E-state index contributed by atoms with van der Waals surface area (Å²) < 4.78 is 0. The van der Waals surface area contributed by atoms with Crippen LogP contribution >= 0.6 is 0 Å². The first-order valence-corrected chi connectivity index (χ1v) is 9.69. The first kappa shape index (κ1) is 18.2. The van der Waals surface area contributed by atoms with Gasteiger partial charge in [0.1, 0.15) is 0 Å². The van der Waals surface area contributed by atoms with Crippen molar-refractivity contribution >= 4 is 5.57 Å². The van der Waals surface area contributed by atoms with E-state index in [0.717, 1.165) is 5.57 Å². The maximum absolute atomic E-state index is 4.34. The van der Waals surface area contributed by atoms with E-state index in [1.807, 2.05) is 6.07 Å². The van der Waals surface area contributed by atoms with E-state index in [4.69, 9.17) is 0 Å². The lowest BCUT2D eigenvalue weighted by molar-refractivity contribution is 0.618. The fraction of sp³-hybridized carbons (Fsp3) is 0.231. The average Bonchev–Trinajstić information content (AvgIpc) is 2.72. The summed E-state index contributed by atoms with van der Waals surface area (Å²) in [6.45, 7) is 6.61. The molecule has 0 spiro atoms. The van der Waals surface area contributed by atoms with Crippen molar-refractivity contribution in [1.82, 2.24) is 0 Å². The number of hydrogen-bond acceptors (Lipinski definition) is 0. The van der Waals surface area contributed by atoms with Gasteiger partial charge < -0.3 is 0 Å². The molecule has 3 aromatic carbocycles. The predicted octanol–water partition coefficient (Wildman–Crippen LogP) is 7.46. The van der Waals surface area contributed by atoms with Crippen LogP contribution in [0, 0.1) is 0 Å². The van der Waals surface area contributed by atoms with E-state index in [2.05, 4.69) is 92.4 Å². The van der Waals surface area contributed by atoms with E-state index in [-0.39, 0.29) is 0 Å². The quantitative estimate of drug-likeness (QED) is 0.373. The molecule has 0 bridgehead atoms. The van der Waals surface area contributed by atoms with Gasteiger partial charge in [-0.05, 0) is 34.2 Å². The summed E-state index contributed by atoms with van der Waals surface area (Å²) in [4.78, 5) is 0. The zero-order valence-electron chi connectivity index (χ0n) is 15.7. The summed E-state index contributed by atoms with van der Waals surface area (Å²) in [6.07, 6.45) is 5.01. The van der Waals surface area contributed by atoms with Gasteiger partial charge in [-0.15, -0.1) is 0 Å². The molecule has 0 radical (unpaired) electrons. The average molecular weight is 341 g/mol. The third kappa shape index (κ3) is 4.52. The van der Waals surface area contributed by atoms with Crippen molar-refractivity contribution in [2.45, 2.75) is 38.5 Å². The Labute approximate surface area is 158 Å². The van der Waals surface area contributed by atoms with Crippen LogP contribution in [-0.2, 0) is 0 Å². The summed E-state index contributed by atoms with van der Waals surface area (Å²) in [5.41, 5.74) is 6.29. The van der Waals surface area contributed by atoms with E-state index in [0.29, 0.717) is 5.92 Å². The van der Waals surface area contributed by atoms with Crippen LogP contribution < -0.4 is 0 Å². The second kappa shape index (κ2) is 9.20. The Balaban J connectivity index is 1.91. The third-order valence-electron chi connectivity index (χ3n) is 5.06. The molecule has 0 aliphatic rings. The Morgan fingerprint density at radius 1 is 0.731 bits per heavy atom. The van der Waals surface area contributed by atoms with E-state index in [9.17, 15) is 0 Å². The normalized spacial score (nSPS) is 11.9. The van der Waals surface area contributed by atoms with Crippen LogP contribution in [-0.4, -0.2) is 0 Å². The van der Waals surface area contributed by atoms with Gasteiger partial charge in [0.25, 0.3) is 0 Å². The summed E-state index contributed by atoms with van der Waals surface area (Å²) in [5.74, 6) is 0.450. The van der Waals surface area contributed by atoms with Gasteiger partial charge in [-0.25, -0.2) is 0 Å². The van der Waals surface area contributed by atoms with Gasteiger partial charge in [-0.2, -0.15) is 0 Å². The van der Waals surface area contributed by atoms with Crippen molar-refractivity contribution in [2.75, 3.05) is 0 Å². The summed E-state index contributed by atoms with van der Waals surface area (Å²) in [5, 5.41) is 0. The SMILES string of the molecule is C=C(c1ccccc1)c1cccc(C(CCCCC)c2ccccc2)c1. The second-order valence-corrected chi connectivity index (χ2v) is 6.93. The van der Waals surface area contributed by atoms with E-state index in [1.165, 1.54) is 47.9 Å². The number of rotatable bonds is 8. The topological polar surface area (TPSA) is 0 Å². The highest BCUT2D eigenvalue weighted by molar-refractivity contribution is 5.78. The van der Waals surface area contributed by atoms with Crippen LogP contribution in [0.2, 0.25) is 0 Å². The van der Waals surface area contributed by atoms with Crippen molar-refractivity contribution in [3.63, 3.8) is 0 Å². The van der Waals surface area contributed by atoms with Gasteiger partial charge in [0.05, 0.1) is 0 Å². The van der Waals surface area contributed by atoms with Gasteiger partial charge in [0, 0.05) is 5.92 Å². The molecule has 0 saturated carbocycles. The fourth-order valence-electron chi connectivity index (χ4n) is 3.56. The maximum Gasteiger partial charge on any atom is 0.00895 e. The van der Waals surface area contributed by atoms with Crippen LogP contribution in [0.15, 0.2) is 91.5 Å². The highest BCUT2D eigenvalue weighted by Crippen LogP contribution is 2.32. The molecular weight excluding hydrogens is 312 g/mol. The Kier molecular flexibility index (Phi) is 6.44. The summed E-state index contributed by atoms with van der Waals surface area (Å²) in [6, 6.07) is 30.3. The highest BCUT2D eigenvalue weighted by atomic mass is 14.2. The Morgan fingerprint density at radius 3 is 2.04 bits per heavy atom. The van der Waals surface area contributed by atoms with Crippen LogP contribution in [0.4, 0.5) is 0 Å². The molecule has 0 nitrogen and oxygen atoms in total. The molecule has 0 aromatic heterocycles. The fourth-order valence-corrected chi connectivity index (χ4v) is 3.56. The molecule has 1 atom stereocenters. The first-order valence-electron chi connectivity index (χ1n) is 9.69. The van der Waals surface area contributed by atoms with Gasteiger partial charge in [0.15, 0.2) is 0 Å². The minimum absolute atomic E-state index is 0.450. The lowest BCUT2D eigenvalue weighted by atomic mass is 9.85. The Bertz CT molecular complexity index is 815. The molecule has 1 unspecified atom stereocenters. The molecule has 0 amide bonds. The molecule has 0 saturated heterocycles. The molecule has 0 fully saturated rings. The number of hydrogen-bond donors (Lipinski definition) is 0. The van der Waals surface area contributed by atoms with Crippen molar-refractivity contribution in [1.29, 1.82) is 0 Å². The van der Waals surface area contributed by atoms with Crippen LogP contribution in [0.5, 0.6) is 0 Å². The van der Waals surface area contributed by atoms with Gasteiger partial charge in [0.2, 0.25) is 0 Å². The Hall–Kier alpha value is -2.60. The predicted molar refractivity (Wildman–Crippen MR) is 113 cm³/mol. The zero-order chi connectivity index (χ0) is 18.2. The lowest BCUT2D eigenvalue weighted by Crippen LogP contribution is -2.02. The third-order valence-corrected chi connectivity index (χ3v) is 5.06. The molecule has 0 heterocycles. The molecule has 0 aliphatic carbocycles. The first-order chi connectivity index (χ1) is 12.8. The standard InChI is InChI=1S/C26H28/c1-3-4-7-19-26(23-15-10-6-11-16-23)25-18-12-17-24(20-25)21(2)22-13-8-5-9-14-22/h5-6,8-18,20,26H,2-4,7,19H2,1H3. The minimum Gasteiger partial charge on any atom is -0.0906 e. The molecule has 0 aliphatic heterocycles. The molecule has 0 heteroatoms. The van der Waals surface area contributed by atoms with Crippen molar-refractivity contribution in [3.05, 3.63) is 114 Å². The minimum atomic E-state index is 0.450. The molecule has 26 heavy (non-hydrogen) atoms. The van der Waals surface area contributed by atoms with Crippen LogP contribution in [0.1, 0.15) is 60.8 Å². The largest absolute Gasteiger partial charge is 0.0906 e. The number of unbranched alkanes of at least 4 members (excludes halogenated alkanes) is 2. The summed E-state index contributed by atoms with van der Waals surface area (Å²) >= 11 is 0. The van der Waals surface area contributed by atoms with E-state index >= 15 is 0 Å². The zero-order valence-corrected chi connectivity index (χ0v) is 15.7. The molecule has 3 aromatic rings.